The maximum absolute atomic E-state index is 5.89. The van der Waals surface area contributed by atoms with E-state index in [2.05, 4.69) is 34.2 Å². The molecule has 1 aromatic heterocycles. The van der Waals surface area contributed by atoms with Gasteiger partial charge in [-0.1, -0.05) is 6.92 Å². The first kappa shape index (κ1) is 13.4. The van der Waals surface area contributed by atoms with Gasteiger partial charge < -0.3 is 15.0 Å². The summed E-state index contributed by atoms with van der Waals surface area (Å²) in [6, 6.07) is 0.126. The molecule has 100 valence electrons. The molecule has 2 heterocycles. The maximum atomic E-state index is 5.89. The lowest BCUT2D eigenvalue weighted by Gasteiger charge is -2.35. The molecule has 0 saturated carbocycles. The van der Waals surface area contributed by atoms with Gasteiger partial charge in [-0.2, -0.15) is 0 Å². The molecule has 2 atom stereocenters. The van der Waals surface area contributed by atoms with Crippen LogP contribution in [0.4, 0.5) is 0 Å². The van der Waals surface area contributed by atoms with Crippen molar-refractivity contribution < 1.29 is 4.74 Å². The van der Waals surface area contributed by atoms with E-state index < -0.39 is 0 Å². The summed E-state index contributed by atoms with van der Waals surface area (Å²) in [5, 5.41) is 3.52. The molecule has 5 heteroatoms. The van der Waals surface area contributed by atoms with Crippen LogP contribution in [-0.4, -0.2) is 54.3 Å². The van der Waals surface area contributed by atoms with Gasteiger partial charge in [0.1, 0.15) is 0 Å². The van der Waals surface area contributed by atoms with Crippen molar-refractivity contribution in [3.63, 3.8) is 0 Å². The van der Waals surface area contributed by atoms with Gasteiger partial charge in [-0.25, -0.2) is 0 Å². The van der Waals surface area contributed by atoms with E-state index in [-0.39, 0.29) is 12.1 Å². The Morgan fingerprint density at radius 3 is 3.11 bits per heavy atom. The van der Waals surface area contributed by atoms with Crippen molar-refractivity contribution >= 4 is 0 Å². The van der Waals surface area contributed by atoms with Gasteiger partial charge in [-0.15, -0.1) is 0 Å². The third kappa shape index (κ3) is 3.48. The molecule has 1 fully saturated rings. The minimum Gasteiger partial charge on any atom is -0.374 e. The molecule has 0 amide bonds. The van der Waals surface area contributed by atoms with Crippen LogP contribution in [0.15, 0.2) is 18.6 Å². The Morgan fingerprint density at radius 1 is 1.56 bits per heavy atom. The summed E-state index contributed by atoms with van der Waals surface area (Å²) in [5.74, 6) is 0. The molecular weight excluding hydrogens is 228 g/mol. The molecule has 18 heavy (non-hydrogen) atoms. The van der Waals surface area contributed by atoms with Crippen LogP contribution in [0.1, 0.15) is 25.1 Å². The molecule has 0 spiro atoms. The first-order valence-electron chi connectivity index (χ1n) is 6.60. The molecule has 1 aliphatic rings. The summed E-state index contributed by atoms with van der Waals surface area (Å²) in [6.07, 6.45) is 6.51. The van der Waals surface area contributed by atoms with E-state index in [1.54, 1.807) is 12.4 Å². The van der Waals surface area contributed by atoms with Crippen LogP contribution in [0, 0.1) is 0 Å². The maximum Gasteiger partial charge on any atom is 0.0912 e. The molecular formula is C13H22N4O. The van der Waals surface area contributed by atoms with Crippen LogP contribution < -0.4 is 5.32 Å². The van der Waals surface area contributed by atoms with Gasteiger partial charge >= 0.3 is 0 Å². The van der Waals surface area contributed by atoms with Crippen LogP contribution in [0.3, 0.4) is 0 Å². The number of likely N-dealkylation sites (N-methyl/N-ethyl adjacent to an activating group) is 1. The Kier molecular flexibility index (Phi) is 5.04. The van der Waals surface area contributed by atoms with E-state index in [0.717, 1.165) is 38.4 Å². The molecule has 2 unspecified atom stereocenters. The highest BCUT2D eigenvalue weighted by Crippen LogP contribution is 2.19. The number of hydrogen-bond acceptors (Lipinski definition) is 5. The largest absolute Gasteiger partial charge is 0.374 e. The fourth-order valence-corrected chi connectivity index (χ4v) is 2.21. The highest BCUT2D eigenvalue weighted by Gasteiger charge is 2.28. The van der Waals surface area contributed by atoms with E-state index in [4.69, 9.17) is 4.74 Å². The standard InChI is InChI=1S/C13H22N4O/c1-3-4-16-13(11-9-14-5-6-15-11)12-10-17(2)7-8-18-12/h5-6,9,12-13,16H,3-4,7-8,10H2,1-2H3. The molecule has 5 nitrogen and oxygen atoms in total. The van der Waals surface area contributed by atoms with E-state index in [9.17, 15) is 0 Å². The van der Waals surface area contributed by atoms with E-state index in [0.29, 0.717) is 0 Å². The second-order valence-electron chi connectivity index (χ2n) is 4.73. The highest BCUT2D eigenvalue weighted by molar-refractivity contribution is 5.06. The van der Waals surface area contributed by atoms with Crippen LogP contribution in [0.25, 0.3) is 0 Å². The zero-order valence-electron chi connectivity index (χ0n) is 11.2. The summed E-state index contributed by atoms with van der Waals surface area (Å²) in [4.78, 5) is 10.9. The minimum absolute atomic E-state index is 0.126. The number of ether oxygens (including phenoxy) is 1. The van der Waals surface area contributed by atoms with Gasteiger partial charge in [0.2, 0.25) is 0 Å². The monoisotopic (exact) mass is 250 g/mol. The smallest absolute Gasteiger partial charge is 0.0912 e. The lowest BCUT2D eigenvalue weighted by atomic mass is 10.1. The number of rotatable bonds is 5. The van der Waals surface area contributed by atoms with E-state index in [1.807, 2.05) is 6.20 Å². The third-order valence-electron chi connectivity index (χ3n) is 3.18. The fourth-order valence-electron chi connectivity index (χ4n) is 2.21. The predicted octanol–water partition coefficient (Wildman–Crippen LogP) is 0.848. The van der Waals surface area contributed by atoms with Gasteiger partial charge in [0, 0.05) is 25.5 Å². The van der Waals surface area contributed by atoms with Crippen molar-refractivity contribution in [2.45, 2.75) is 25.5 Å². The van der Waals surface area contributed by atoms with Crippen molar-refractivity contribution in [2.75, 3.05) is 33.3 Å². The van der Waals surface area contributed by atoms with Crippen molar-refractivity contribution in [3.05, 3.63) is 24.3 Å². The predicted molar refractivity (Wildman–Crippen MR) is 70.3 cm³/mol. The Bertz CT molecular complexity index is 346. The molecule has 0 radical (unpaired) electrons. The first-order chi connectivity index (χ1) is 8.81. The molecule has 1 saturated heterocycles. The minimum atomic E-state index is 0.126. The quantitative estimate of drug-likeness (QED) is 0.839. The molecule has 0 aliphatic carbocycles. The van der Waals surface area contributed by atoms with E-state index in [1.165, 1.54) is 0 Å². The lowest BCUT2D eigenvalue weighted by molar-refractivity contribution is -0.0400. The topological polar surface area (TPSA) is 50.3 Å². The number of nitrogens with one attached hydrogen (secondary N) is 1. The Morgan fingerprint density at radius 2 is 2.44 bits per heavy atom. The molecule has 1 aliphatic heterocycles. The summed E-state index contributed by atoms with van der Waals surface area (Å²) in [5.41, 5.74) is 0.964. The second kappa shape index (κ2) is 6.78. The Hall–Kier alpha value is -1.04. The van der Waals surface area contributed by atoms with Crippen molar-refractivity contribution in [1.29, 1.82) is 0 Å². The summed E-state index contributed by atoms with van der Waals surface area (Å²) in [7, 11) is 2.13. The van der Waals surface area contributed by atoms with Gasteiger partial charge in [0.15, 0.2) is 0 Å². The normalized spacial score (nSPS) is 22.9. The highest BCUT2D eigenvalue weighted by atomic mass is 16.5. The number of morpholine rings is 1. The lowest BCUT2D eigenvalue weighted by Crippen LogP contribution is -2.47. The van der Waals surface area contributed by atoms with Crippen molar-refractivity contribution in [1.82, 2.24) is 20.2 Å². The summed E-state index contributed by atoms with van der Waals surface area (Å²) in [6.45, 7) is 5.83. The third-order valence-corrected chi connectivity index (χ3v) is 3.18. The van der Waals surface area contributed by atoms with E-state index >= 15 is 0 Å². The molecule has 1 aromatic rings. The average molecular weight is 250 g/mol. The van der Waals surface area contributed by atoms with Crippen LogP contribution >= 0.6 is 0 Å². The van der Waals surface area contributed by atoms with Gasteiger partial charge in [0.05, 0.1) is 30.6 Å². The van der Waals surface area contributed by atoms with Crippen molar-refractivity contribution in [3.8, 4) is 0 Å². The average Bonchev–Trinajstić information content (AvgIpc) is 2.40. The molecule has 1 N–H and O–H groups in total. The van der Waals surface area contributed by atoms with Crippen LogP contribution in [0.5, 0.6) is 0 Å². The fraction of sp³-hybridized carbons (Fsp3) is 0.692. The van der Waals surface area contributed by atoms with Gasteiger partial charge in [-0.3, -0.25) is 9.97 Å². The number of aromatic nitrogens is 2. The van der Waals surface area contributed by atoms with Gasteiger partial charge in [0.25, 0.3) is 0 Å². The Labute approximate surface area is 109 Å². The van der Waals surface area contributed by atoms with Crippen LogP contribution in [-0.2, 0) is 4.74 Å². The summed E-state index contributed by atoms with van der Waals surface area (Å²) < 4.78 is 5.89. The van der Waals surface area contributed by atoms with Crippen molar-refractivity contribution in [2.24, 2.45) is 0 Å². The zero-order valence-corrected chi connectivity index (χ0v) is 11.2. The molecule has 2 rings (SSSR count). The van der Waals surface area contributed by atoms with Crippen LogP contribution in [0.2, 0.25) is 0 Å². The molecule has 0 aromatic carbocycles. The number of nitrogens with zero attached hydrogens (tertiary/aromatic N) is 3. The number of hydrogen-bond donors (Lipinski definition) is 1. The van der Waals surface area contributed by atoms with Gasteiger partial charge in [-0.05, 0) is 20.0 Å². The first-order valence-corrected chi connectivity index (χ1v) is 6.60. The SMILES string of the molecule is CCCNC(c1cnccn1)C1CN(C)CCO1. The molecule has 0 bridgehead atoms. The zero-order chi connectivity index (χ0) is 12.8. The second-order valence-corrected chi connectivity index (χ2v) is 4.73. The summed E-state index contributed by atoms with van der Waals surface area (Å²) >= 11 is 0. The Balaban J connectivity index is 2.09.